The zero-order chi connectivity index (χ0) is 35.9. The Morgan fingerprint density at radius 1 is 1.08 bits per heavy atom. The SMILES string of the molecule is CCOC(=O)C1=C(C)N=c2s/c(=C\c3cc(Cl)c(OCc4ccccc4C#N)c(Br)c3)c(=O)n2[C@H]1c1ccc(OCC(=O)OC)c(OCC)c1. The smallest absolute Gasteiger partial charge is 0.343 e. The number of ether oxygens (including phenoxy) is 5. The predicted octanol–water partition coefficient (Wildman–Crippen LogP) is 5.62. The maximum absolute atomic E-state index is 14.2. The first-order valence-electron chi connectivity index (χ1n) is 15.4. The van der Waals surface area contributed by atoms with Gasteiger partial charge in [-0.3, -0.25) is 9.36 Å². The van der Waals surface area contributed by atoms with Gasteiger partial charge in [-0.2, -0.15) is 5.26 Å². The number of nitriles is 1. The maximum Gasteiger partial charge on any atom is 0.343 e. The zero-order valence-electron chi connectivity index (χ0n) is 27.5. The highest BCUT2D eigenvalue weighted by Crippen LogP contribution is 2.37. The second-order valence-corrected chi connectivity index (χ2v) is 12.9. The van der Waals surface area contributed by atoms with E-state index in [0.29, 0.717) is 58.3 Å². The van der Waals surface area contributed by atoms with Crippen LogP contribution in [0.2, 0.25) is 5.02 Å². The Balaban J connectivity index is 1.57. The summed E-state index contributed by atoms with van der Waals surface area (Å²) in [4.78, 5) is 44.3. The van der Waals surface area contributed by atoms with Crippen LogP contribution >= 0.6 is 38.9 Å². The van der Waals surface area contributed by atoms with Gasteiger partial charge >= 0.3 is 11.9 Å². The minimum atomic E-state index is -0.913. The molecule has 0 saturated carbocycles. The van der Waals surface area contributed by atoms with Crippen molar-refractivity contribution in [1.82, 2.24) is 4.57 Å². The molecule has 3 aromatic carbocycles. The highest BCUT2D eigenvalue weighted by atomic mass is 79.9. The van der Waals surface area contributed by atoms with Crippen LogP contribution in [0.1, 0.15) is 49.1 Å². The first-order valence-corrected chi connectivity index (χ1v) is 17.3. The Kier molecular flexibility index (Phi) is 11.8. The lowest BCUT2D eigenvalue weighted by molar-refractivity contribution is -0.143. The lowest BCUT2D eigenvalue weighted by Gasteiger charge is -2.25. The molecule has 1 atom stereocenters. The number of rotatable bonds is 12. The number of thiazole rings is 1. The molecule has 2 heterocycles. The Hall–Kier alpha value is -4.90. The molecule has 0 bridgehead atoms. The van der Waals surface area contributed by atoms with Crippen molar-refractivity contribution in [3.05, 3.63) is 117 Å². The summed E-state index contributed by atoms with van der Waals surface area (Å²) in [5.41, 5.74) is 2.57. The molecule has 1 aliphatic heterocycles. The topological polar surface area (TPSA) is 138 Å². The average Bonchev–Trinajstić information content (AvgIpc) is 3.40. The van der Waals surface area contributed by atoms with E-state index in [9.17, 15) is 19.6 Å². The van der Waals surface area contributed by atoms with E-state index in [-0.39, 0.29) is 37.8 Å². The van der Waals surface area contributed by atoms with Gasteiger partial charge in [0.05, 0.1) is 63.3 Å². The molecule has 258 valence electrons. The van der Waals surface area contributed by atoms with Crippen molar-refractivity contribution in [3.63, 3.8) is 0 Å². The van der Waals surface area contributed by atoms with E-state index in [4.69, 9.17) is 30.5 Å². The molecular weight excluding hydrogens is 750 g/mol. The molecule has 1 aliphatic rings. The van der Waals surface area contributed by atoms with Crippen LogP contribution in [-0.2, 0) is 25.7 Å². The number of hydrogen-bond donors (Lipinski definition) is 0. The molecule has 0 N–H and O–H groups in total. The summed E-state index contributed by atoms with van der Waals surface area (Å²) in [6, 6.07) is 16.8. The van der Waals surface area contributed by atoms with E-state index in [1.807, 2.05) is 12.1 Å². The zero-order valence-corrected chi connectivity index (χ0v) is 30.6. The number of benzene rings is 3. The number of carbonyl (C=O) groups is 2. The monoisotopic (exact) mass is 779 g/mol. The first kappa shape index (κ1) is 36.4. The van der Waals surface area contributed by atoms with Crippen molar-refractivity contribution in [3.8, 4) is 23.3 Å². The molecule has 50 heavy (non-hydrogen) atoms. The standard InChI is InChI=1S/C36H31BrClN3O8S/c1-5-46-28-16-22(11-12-27(28)48-19-30(42)45-4)32-31(35(44)47-6-2)20(3)40-36-41(32)34(43)29(50-36)15-21-13-25(37)33(26(38)14-21)49-18-24-10-8-7-9-23(24)17-39/h7-16,32H,5-6,18-19H2,1-4H3/b29-15-/t32-/m0/s1. The summed E-state index contributed by atoms with van der Waals surface area (Å²) in [6.07, 6.45) is 1.69. The molecule has 0 aliphatic carbocycles. The van der Waals surface area contributed by atoms with Gasteiger partial charge in [0.15, 0.2) is 28.7 Å². The molecule has 4 aromatic rings. The van der Waals surface area contributed by atoms with Crippen molar-refractivity contribution in [1.29, 1.82) is 5.26 Å². The predicted molar refractivity (Wildman–Crippen MR) is 190 cm³/mol. The Morgan fingerprint density at radius 3 is 2.56 bits per heavy atom. The second kappa shape index (κ2) is 16.2. The fourth-order valence-corrected chi connectivity index (χ4v) is 7.28. The van der Waals surface area contributed by atoms with Gasteiger partial charge in [0.2, 0.25) is 0 Å². The number of nitrogens with zero attached hydrogens (tertiary/aromatic N) is 3. The summed E-state index contributed by atoms with van der Waals surface area (Å²) in [5, 5.41) is 9.70. The number of carbonyl (C=O) groups excluding carboxylic acids is 2. The van der Waals surface area contributed by atoms with Gasteiger partial charge in [0, 0.05) is 5.56 Å². The number of hydrogen-bond acceptors (Lipinski definition) is 11. The van der Waals surface area contributed by atoms with Gasteiger partial charge in [0.25, 0.3) is 5.56 Å². The molecule has 0 amide bonds. The molecule has 0 unspecified atom stereocenters. The van der Waals surface area contributed by atoms with Crippen LogP contribution in [0.25, 0.3) is 6.08 Å². The fourth-order valence-electron chi connectivity index (χ4n) is 5.24. The van der Waals surface area contributed by atoms with E-state index in [2.05, 4.69) is 31.7 Å². The molecule has 14 heteroatoms. The van der Waals surface area contributed by atoms with Gasteiger partial charge in [-0.15, -0.1) is 0 Å². The summed E-state index contributed by atoms with van der Waals surface area (Å²) >= 11 is 11.3. The van der Waals surface area contributed by atoms with Crippen LogP contribution in [0.4, 0.5) is 0 Å². The van der Waals surface area contributed by atoms with Crippen molar-refractivity contribution in [2.45, 2.75) is 33.4 Å². The molecule has 0 fully saturated rings. The minimum Gasteiger partial charge on any atom is -0.490 e. The van der Waals surface area contributed by atoms with Crippen molar-refractivity contribution in [2.75, 3.05) is 26.9 Å². The van der Waals surface area contributed by atoms with Crippen molar-refractivity contribution in [2.24, 2.45) is 4.99 Å². The molecular formula is C36H31BrClN3O8S. The normalized spacial score (nSPS) is 13.9. The molecule has 1 aromatic heterocycles. The van der Waals surface area contributed by atoms with Crippen LogP contribution in [0, 0.1) is 11.3 Å². The molecule has 0 radical (unpaired) electrons. The van der Waals surface area contributed by atoms with Gasteiger partial charge < -0.3 is 23.7 Å². The third-order valence-corrected chi connectivity index (χ3v) is 9.35. The fraction of sp³-hybridized carbons (Fsp3) is 0.250. The van der Waals surface area contributed by atoms with Crippen molar-refractivity contribution < 1.29 is 33.3 Å². The number of fused-ring (bicyclic) bond motifs is 1. The number of aromatic nitrogens is 1. The third-order valence-electron chi connectivity index (χ3n) is 7.50. The minimum absolute atomic E-state index is 0.122. The summed E-state index contributed by atoms with van der Waals surface area (Å²) < 4.78 is 29.9. The van der Waals surface area contributed by atoms with Gasteiger partial charge in [-0.05, 0) is 84.2 Å². The maximum atomic E-state index is 14.2. The van der Waals surface area contributed by atoms with Crippen LogP contribution in [0.3, 0.4) is 0 Å². The Bertz CT molecular complexity index is 2200. The van der Waals surface area contributed by atoms with Crippen LogP contribution < -0.4 is 29.1 Å². The quantitative estimate of drug-likeness (QED) is 0.168. The molecule has 11 nitrogen and oxygen atoms in total. The summed E-state index contributed by atoms with van der Waals surface area (Å²) in [6.45, 7) is 5.40. The second-order valence-electron chi connectivity index (χ2n) is 10.7. The molecule has 0 saturated heterocycles. The highest BCUT2D eigenvalue weighted by molar-refractivity contribution is 9.10. The lowest BCUT2D eigenvalue weighted by atomic mass is 9.95. The average molecular weight is 781 g/mol. The number of halogens is 2. The van der Waals surface area contributed by atoms with E-state index in [1.54, 1.807) is 69.3 Å². The van der Waals surface area contributed by atoms with Gasteiger partial charge in [0.1, 0.15) is 6.61 Å². The number of esters is 2. The highest BCUT2D eigenvalue weighted by Gasteiger charge is 2.34. The van der Waals surface area contributed by atoms with Crippen molar-refractivity contribution >= 4 is 56.9 Å². The first-order chi connectivity index (χ1) is 24.1. The molecule has 5 rings (SSSR count). The van der Waals surface area contributed by atoms with E-state index >= 15 is 0 Å². The van der Waals surface area contributed by atoms with E-state index < -0.39 is 23.5 Å². The number of allylic oxidation sites excluding steroid dienone is 1. The summed E-state index contributed by atoms with van der Waals surface area (Å²) in [7, 11) is 1.26. The summed E-state index contributed by atoms with van der Waals surface area (Å²) in [5.74, 6) is -0.191. The Morgan fingerprint density at radius 2 is 1.86 bits per heavy atom. The Labute approximate surface area is 304 Å². The van der Waals surface area contributed by atoms with Crippen LogP contribution in [-0.4, -0.2) is 43.4 Å². The van der Waals surface area contributed by atoms with Crippen LogP contribution in [0.5, 0.6) is 17.2 Å². The van der Waals surface area contributed by atoms with E-state index in [0.717, 1.165) is 11.3 Å². The largest absolute Gasteiger partial charge is 0.490 e. The number of methoxy groups -OCH3 is 1. The van der Waals surface area contributed by atoms with Gasteiger partial charge in [-0.25, -0.2) is 14.6 Å². The molecule has 0 spiro atoms. The van der Waals surface area contributed by atoms with Gasteiger partial charge in [-0.1, -0.05) is 47.2 Å². The lowest BCUT2D eigenvalue weighted by Crippen LogP contribution is -2.40. The van der Waals surface area contributed by atoms with Crippen LogP contribution in [0.15, 0.2) is 80.1 Å². The van der Waals surface area contributed by atoms with E-state index in [1.165, 1.54) is 11.7 Å². The third kappa shape index (κ3) is 7.78.